The standard InChI is InChI=1S/C13H14ClN3O3.C2H6O/c14-11-3-5-12(6-4-11)16-13(18)20-17-7-1-2-10(9-17)8-15-19;1-3-2/h2-6,8,19H,1,7,9H2,(H,16,18);1-2H3/b15-8+;. The van der Waals surface area contributed by atoms with Crippen LogP contribution in [0.25, 0.3) is 0 Å². The normalized spacial score (nSPS) is 14.7. The zero-order chi connectivity index (χ0) is 17.1. The van der Waals surface area contributed by atoms with Crippen molar-refractivity contribution >= 4 is 29.6 Å². The average Bonchev–Trinajstić information content (AvgIpc) is 2.51. The number of hydrogen-bond acceptors (Lipinski definition) is 6. The van der Waals surface area contributed by atoms with Crippen molar-refractivity contribution in [3.8, 4) is 0 Å². The highest BCUT2D eigenvalue weighted by molar-refractivity contribution is 6.30. The molecule has 7 nitrogen and oxygen atoms in total. The Morgan fingerprint density at radius 1 is 1.39 bits per heavy atom. The molecule has 1 aliphatic heterocycles. The number of methoxy groups -OCH3 is 1. The van der Waals surface area contributed by atoms with Crippen LogP contribution >= 0.6 is 11.6 Å². The van der Waals surface area contributed by atoms with Crippen molar-refractivity contribution in [2.75, 3.05) is 32.6 Å². The van der Waals surface area contributed by atoms with Crippen molar-refractivity contribution in [2.45, 2.75) is 6.42 Å². The van der Waals surface area contributed by atoms with Gasteiger partial charge in [-0.2, -0.15) is 0 Å². The SMILES string of the molecule is COC.O=C(Nc1ccc(Cl)cc1)ON1CCC=C(/C=N/O)C1. The summed E-state index contributed by atoms with van der Waals surface area (Å²) in [5.74, 6) is 0. The number of hydrogen-bond donors (Lipinski definition) is 2. The first-order valence-electron chi connectivity index (χ1n) is 6.85. The first-order chi connectivity index (χ1) is 11.1. The summed E-state index contributed by atoms with van der Waals surface area (Å²) in [7, 11) is 3.25. The van der Waals surface area contributed by atoms with Crippen LogP contribution in [0.5, 0.6) is 0 Å². The van der Waals surface area contributed by atoms with Gasteiger partial charge in [0.25, 0.3) is 0 Å². The molecule has 0 fully saturated rings. The maximum atomic E-state index is 11.7. The zero-order valence-corrected chi connectivity index (χ0v) is 13.8. The number of nitrogens with one attached hydrogen (secondary N) is 1. The fraction of sp³-hybridized carbons (Fsp3) is 0.333. The first-order valence-corrected chi connectivity index (χ1v) is 7.23. The smallest absolute Gasteiger partial charge is 0.411 e. The van der Waals surface area contributed by atoms with Crippen LogP contribution in [0.1, 0.15) is 6.42 Å². The van der Waals surface area contributed by atoms with Crippen molar-refractivity contribution in [3.05, 3.63) is 40.9 Å². The minimum atomic E-state index is -0.575. The van der Waals surface area contributed by atoms with Gasteiger partial charge >= 0.3 is 6.09 Å². The van der Waals surface area contributed by atoms with Crippen LogP contribution in [0, 0.1) is 0 Å². The minimum absolute atomic E-state index is 0.387. The van der Waals surface area contributed by atoms with Crippen LogP contribution in [0.2, 0.25) is 5.02 Å². The van der Waals surface area contributed by atoms with E-state index >= 15 is 0 Å². The molecule has 0 aromatic heterocycles. The molecule has 0 radical (unpaired) electrons. The Kier molecular flexibility index (Phi) is 8.74. The van der Waals surface area contributed by atoms with Gasteiger partial charge in [0.15, 0.2) is 0 Å². The minimum Gasteiger partial charge on any atom is -0.411 e. The summed E-state index contributed by atoms with van der Waals surface area (Å²) in [6.45, 7) is 0.981. The van der Waals surface area contributed by atoms with E-state index in [1.165, 1.54) is 11.3 Å². The second-order valence-corrected chi connectivity index (χ2v) is 5.03. The van der Waals surface area contributed by atoms with Gasteiger partial charge in [-0.3, -0.25) is 5.32 Å². The highest BCUT2D eigenvalue weighted by Crippen LogP contribution is 2.14. The predicted molar refractivity (Wildman–Crippen MR) is 89.0 cm³/mol. The molecule has 0 atom stereocenters. The van der Waals surface area contributed by atoms with Crippen LogP contribution in [-0.4, -0.2) is 49.9 Å². The number of hydroxylamine groups is 2. The van der Waals surface area contributed by atoms with E-state index in [1.54, 1.807) is 38.5 Å². The van der Waals surface area contributed by atoms with E-state index < -0.39 is 6.09 Å². The summed E-state index contributed by atoms with van der Waals surface area (Å²) in [5, 5.41) is 16.1. The summed E-state index contributed by atoms with van der Waals surface area (Å²) in [5.41, 5.74) is 1.39. The highest BCUT2D eigenvalue weighted by atomic mass is 35.5. The Morgan fingerprint density at radius 3 is 2.65 bits per heavy atom. The van der Waals surface area contributed by atoms with E-state index in [2.05, 4.69) is 15.2 Å². The second-order valence-electron chi connectivity index (χ2n) is 4.59. The number of nitrogens with zero attached hydrogens (tertiary/aromatic N) is 2. The lowest BCUT2D eigenvalue weighted by Gasteiger charge is -2.24. The molecular weight excluding hydrogens is 322 g/mol. The lowest BCUT2D eigenvalue weighted by molar-refractivity contribution is -0.0872. The molecule has 0 saturated carbocycles. The molecule has 1 aromatic rings. The highest BCUT2D eigenvalue weighted by Gasteiger charge is 2.16. The molecular formula is C15H20ClN3O4. The van der Waals surface area contributed by atoms with Gasteiger partial charge in [-0.1, -0.05) is 22.8 Å². The molecule has 0 bridgehead atoms. The Balaban J connectivity index is 0.000000816. The number of carbonyl (C=O) groups excluding carboxylic acids is 1. The lowest BCUT2D eigenvalue weighted by Crippen LogP contribution is -2.34. The van der Waals surface area contributed by atoms with Crippen molar-refractivity contribution < 1.29 is 19.6 Å². The quantitative estimate of drug-likeness (QED) is 0.501. The van der Waals surface area contributed by atoms with Crippen molar-refractivity contribution in [1.82, 2.24) is 5.06 Å². The molecule has 126 valence electrons. The fourth-order valence-electron chi connectivity index (χ4n) is 1.78. The molecule has 0 spiro atoms. The van der Waals surface area contributed by atoms with Crippen LogP contribution in [0.4, 0.5) is 10.5 Å². The molecule has 1 amide bonds. The Bertz CT molecular complexity index is 546. The Labute approximate surface area is 140 Å². The number of oxime groups is 1. The molecule has 0 aliphatic carbocycles. The van der Waals surface area contributed by atoms with Crippen molar-refractivity contribution in [3.63, 3.8) is 0 Å². The molecule has 2 N–H and O–H groups in total. The van der Waals surface area contributed by atoms with Crippen LogP contribution in [0.3, 0.4) is 0 Å². The van der Waals surface area contributed by atoms with E-state index in [-0.39, 0.29) is 0 Å². The molecule has 1 heterocycles. The number of rotatable bonds is 3. The number of ether oxygens (including phenoxy) is 1. The summed E-state index contributed by atoms with van der Waals surface area (Å²) in [6.07, 6.45) is 3.40. The van der Waals surface area contributed by atoms with Gasteiger partial charge < -0.3 is 14.8 Å². The lowest BCUT2D eigenvalue weighted by atomic mass is 10.2. The first kappa shape index (κ1) is 19.0. The topological polar surface area (TPSA) is 83.4 Å². The monoisotopic (exact) mass is 341 g/mol. The molecule has 2 rings (SSSR count). The molecule has 0 unspecified atom stereocenters. The van der Waals surface area contributed by atoms with E-state index in [1.807, 2.05) is 6.08 Å². The molecule has 1 aromatic carbocycles. The van der Waals surface area contributed by atoms with Crippen LogP contribution < -0.4 is 5.32 Å². The van der Waals surface area contributed by atoms with Gasteiger partial charge in [-0.15, -0.1) is 5.06 Å². The summed E-state index contributed by atoms with van der Waals surface area (Å²) in [6, 6.07) is 6.72. The van der Waals surface area contributed by atoms with Crippen LogP contribution in [0.15, 0.2) is 41.1 Å². The Hall–Kier alpha value is -2.09. The second kappa shape index (κ2) is 10.6. The molecule has 1 aliphatic rings. The van der Waals surface area contributed by atoms with Gasteiger partial charge in [0.05, 0.1) is 12.8 Å². The predicted octanol–water partition coefficient (Wildman–Crippen LogP) is 3.16. The molecule has 8 heteroatoms. The largest absolute Gasteiger partial charge is 0.430 e. The van der Waals surface area contributed by atoms with E-state index in [4.69, 9.17) is 21.6 Å². The van der Waals surface area contributed by atoms with Crippen LogP contribution in [-0.2, 0) is 9.57 Å². The van der Waals surface area contributed by atoms with Gasteiger partial charge in [0, 0.05) is 31.5 Å². The van der Waals surface area contributed by atoms with Crippen molar-refractivity contribution in [2.24, 2.45) is 5.16 Å². The number of halogens is 1. The average molecular weight is 342 g/mol. The third kappa shape index (κ3) is 7.64. The maximum absolute atomic E-state index is 11.7. The molecule has 23 heavy (non-hydrogen) atoms. The van der Waals surface area contributed by atoms with E-state index in [0.717, 1.165) is 12.0 Å². The third-order valence-electron chi connectivity index (χ3n) is 2.67. The van der Waals surface area contributed by atoms with E-state index in [9.17, 15) is 4.79 Å². The van der Waals surface area contributed by atoms with Gasteiger partial charge in [-0.05, 0) is 36.3 Å². The Morgan fingerprint density at radius 2 is 2.04 bits per heavy atom. The van der Waals surface area contributed by atoms with Gasteiger partial charge in [-0.25, -0.2) is 4.79 Å². The fourth-order valence-corrected chi connectivity index (χ4v) is 1.90. The number of amides is 1. The summed E-state index contributed by atoms with van der Waals surface area (Å²) >= 11 is 5.76. The third-order valence-corrected chi connectivity index (χ3v) is 2.92. The molecule has 0 saturated heterocycles. The van der Waals surface area contributed by atoms with Gasteiger partial charge in [0.2, 0.25) is 0 Å². The zero-order valence-electron chi connectivity index (χ0n) is 13.0. The summed E-state index contributed by atoms with van der Waals surface area (Å²) in [4.78, 5) is 16.9. The van der Waals surface area contributed by atoms with Gasteiger partial charge in [0.1, 0.15) is 0 Å². The number of anilines is 1. The van der Waals surface area contributed by atoms with E-state index in [0.29, 0.717) is 23.8 Å². The van der Waals surface area contributed by atoms with Crippen molar-refractivity contribution in [1.29, 1.82) is 0 Å². The number of carbonyl (C=O) groups is 1. The maximum Gasteiger partial charge on any atom is 0.430 e. The number of benzene rings is 1. The summed E-state index contributed by atoms with van der Waals surface area (Å²) < 4.78 is 4.25.